The molecule has 1 aliphatic rings. The zero-order valence-corrected chi connectivity index (χ0v) is 18.6. The molecule has 0 spiro atoms. The van der Waals surface area contributed by atoms with Crippen molar-refractivity contribution >= 4 is 62.9 Å². The third-order valence-electron chi connectivity index (χ3n) is 5.00. The molecular weight excluding hydrogens is 436 g/mol. The molecular formula is C21H21ClN6O2S. The highest BCUT2D eigenvalue weighted by Crippen LogP contribution is 2.33. The lowest BCUT2D eigenvalue weighted by Crippen LogP contribution is -2.18. The highest BCUT2D eigenvalue weighted by molar-refractivity contribution is 7.14. The molecule has 0 aliphatic carbocycles. The number of aryl methyl sites for hydroxylation is 1. The van der Waals surface area contributed by atoms with Gasteiger partial charge in [0.05, 0.1) is 11.8 Å². The first-order valence-electron chi connectivity index (χ1n) is 9.72. The molecule has 0 saturated heterocycles. The number of benzene rings is 1. The first kappa shape index (κ1) is 21.1. The summed E-state index contributed by atoms with van der Waals surface area (Å²) < 4.78 is 0. The third-order valence-corrected chi connectivity index (χ3v) is 6.11. The van der Waals surface area contributed by atoms with Gasteiger partial charge in [0.2, 0.25) is 11.9 Å². The average Bonchev–Trinajstić information content (AvgIpc) is 3.14. The van der Waals surface area contributed by atoms with Crippen molar-refractivity contribution in [3.8, 4) is 0 Å². The molecule has 3 heterocycles. The second-order valence-corrected chi connectivity index (χ2v) is 8.36. The van der Waals surface area contributed by atoms with Gasteiger partial charge in [0.1, 0.15) is 10.0 Å². The molecule has 1 aromatic carbocycles. The Hall–Kier alpha value is -3.17. The number of nitrogens with one attached hydrogen (secondary N) is 3. The van der Waals surface area contributed by atoms with Gasteiger partial charge in [-0.05, 0) is 48.1 Å². The van der Waals surface area contributed by atoms with Gasteiger partial charge >= 0.3 is 0 Å². The maximum atomic E-state index is 12.0. The fraction of sp³-hybridized carbons (Fsp3) is 0.238. The van der Waals surface area contributed by atoms with E-state index in [4.69, 9.17) is 11.6 Å². The summed E-state index contributed by atoms with van der Waals surface area (Å²) in [6.45, 7) is 0. The van der Waals surface area contributed by atoms with Crippen LogP contribution in [-0.2, 0) is 11.2 Å². The lowest BCUT2D eigenvalue weighted by atomic mass is 10.1. The van der Waals surface area contributed by atoms with E-state index in [9.17, 15) is 9.59 Å². The minimum Gasteiger partial charge on any atom is -0.355 e. The molecule has 2 aromatic heterocycles. The van der Waals surface area contributed by atoms with Gasteiger partial charge in [-0.15, -0.1) is 11.3 Å². The lowest BCUT2D eigenvalue weighted by molar-refractivity contribution is -0.116. The van der Waals surface area contributed by atoms with Crippen LogP contribution in [0.5, 0.6) is 0 Å². The second-order valence-electron chi connectivity index (χ2n) is 7.04. The van der Waals surface area contributed by atoms with E-state index >= 15 is 0 Å². The number of carbonyl (C=O) groups excluding carboxylic acids is 2. The van der Waals surface area contributed by atoms with Gasteiger partial charge in [-0.25, -0.2) is 4.98 Å². The Labute approximate surface area is 188 Å². The van der Waals surface area contributed by atoms with E-state index in [1.807, 2.05) is 35.5 Å². The molecule has 0 radical (unpaired) electrons. The fourth-order valence-electron chi connectivity index (χ4n) is 3.32. The molecule has 1 aliphatic heterocycles. The van der Waals surface area contributed by atoms with Crippen LogP contribution in [0, 0.1) is 0 Å². The summed E-state index contributed by atoms with van der Waals surface area (Å²) in [5.74, 6) is 0.709. The number of thiophene rings is 1. The number of amides is 2. The fourth-order valence-corrected chi connectivity index (χ4v) is 4.24. The van der Waals surface area contributed by atoms with E-state index in [0.717, 1.165) is 29.8 Å². The molecule has 3 N–H and O–H groups in total. The molecule has 8 nitrogen and oxygen atoms in total. The van der Waals surface area contributed by atoms with Crippen LogP contribution in [-0.4, -0.2) is 35.9 Å². The van der Waals surface area contributed by atoms with Gasteiger partial charge in [0.25, 0.3) is 5.91 Å². The van der Waals surface area contributed by atoms with Crippen molar-refractivity contribution in [1.82, 2.24) is 15.3 Å². The molecule has 2 amide bonds. The Morgan fingerprint density at radius 3 is 2.94 bits per heavy atom. The summed E-state index contributed by atoms with van der Waals surface area (Å²) in [7, 11) is 3.45. The van der Waals surface area contributed by atoms with E-state index in [2.05, 4.69) is 25.9 Å². The van der Waals surface area contributed by atoms with Crippen LogP contribution in [0.15, 0.2) is 35.8 Å². The standard InChI is InChI=1S/C21H21ClN6O2S/c1-23-19(30)14-8-9-31-20(14)26-18-15(22)11-24-21(27-18)28(2)13-6-7-16-12(10-13)4-3-5-17(29)25-16/h6-11H,3-5H2,1-2H3,(H,23,30)(H,25,29)(H,24,26,27). The summed E-state index contributed by atoms with van der Waals surface area (Å²) in [6.07, 6.45) is 3.69. The van der Waals surface area contributed by atoms with Crippen LogP contribution in [0.4, 0.5) is 28.1 Å². The number of aromatic nitrogens is 2. The summed E-state index contributed by atoms with van der Waals surface area (Å²) >= 11 is 7.70. The van der Waals surface area contributed by atoms with Gasteiger partial charge in [-0.2, -0.15) is 4.98 Å². The van der Waals surface area contributed by atoms with Crippen molar-refractivity contribution in [3.63, 3.8) is 0 Å². The first-order valence-corrected chi connectivity index (χ1v) is 11.0. The number of hydrogen-bond acceptors (Lipinski definition) is 7. The number of anilines is 5. The van der Waals surface area contributed by atoms with Gasteiger partial charge in [0, 0.05) is 31.9 Å². The van der Waals surface area contributed by atoms with E-state index in [1.54, 1.807) is 13.1 Å². The van der Waals surface area contributed by atoms with Crippen LogP contribution in [0.3, 0.4) is 0 Å². The Kier molecular flexibility index (Phi) is 6.06. The van der Waals surface area contributed by atoms with Crippen molar-refractivity contribution < 1.29 is 9.59 Å². The monoisotopic (exact) mass is 456 g/mol. The number of nitrogens with zero attached hydrogens (tertiary/aromatic N) is 3. The molecule has 0 saturated carbocycles. The molecule has 31 heavy (non-hydrogen) atoms. The summed E-state index contributed by atoms with van der Waals surface area (Å²) in [6, 6.07) is 7.59. The molecule has 0 bridgehead atoms. The zero-order chi connectivity index (χ0) is 22.0. The average molecular weight is 457 g/mol. The molecule has 0 unspecified atom stereocenters. The largest absolute Gasteiger partial charge is 0.355 e. The normalized spacial score (nSPS) is 13.1. The molecule has 3 aromatic rings. The van der Waals surface area contributed by atoms with Crippen LogP contribution in [0.1, 0.15) is 28.8 Å². The predicted octanol–water partition coefficient (Wildman–Crippen LogP) is 4.34. The van der Waals surface area contributed by atoms with Gasteiger partial charge < -0.3 is 20.9 Å². The molecule has 4 rings (SSSR count). The van der Waals surface area contributed by atoms with Gasteiger partial charge in [0.15, 0.2) is 5.82 Å². The van der Waals surface area contributed by atoms with Crippen molar-refractivity contribution in [2.75, 3.05) is 29.6 Å². The maximum Gasteiger partial charge on any atom is 0.254 e. The summed E-state index contributed by atoms with van der Waals surface area (Å²) in [5, 5.41) is 11.5. The third kappa shape index (κ3) is 4.47. The summed E-state index contributed by atoms with van der Waals surface area (Å²) in [5.41, 5.74) is 3.34. The van der Waals surface area contributed by atoms with E-state index in [0.29, 0.717) is 33.8 Å². The van der Waals surface area contributed by atoms with Crippen molar-refractivity contribution in [2.24, 2.45) is 0 Å². The quantitative estimate of drug-likeness (QED) is 0.528. The van der Waals surface area contributed by atoms with Crippen molar-refractivity contribution in [1.29, 1.82) is 0 Å². The minimum atomic E-state index is -0.191. The number of halogens is 1. The molecule has 0 fully saturated rings. The zero-order valence-electron chi connectivity index (χ0n) is 17.0. The first-order chi connectivity index (χ1) is 15.0. The number of rotatable bonds is 5. The van der Waals surface area contributed by atoms with E-state index in [1.165, 1.54) is 17.5 Å². The van der Waals surface area contributed by atoms with Crippen LogP contribution in [0.2, 0.25) is 5.02 Å². The number of hydrogen-bond donors (Lipinski definition) is 3. The lowest BCUT2D eigenvalue weighted by Gasteiger charge is -2.20. The Morgan fingerprint density at radius 2 is 2.13 bits per heavy atom. The maximum absolute atomic E-state index is 12.0. The van der Waals surface area contributed by atoms with Crippen LogP contribution in [0.25, 0.3) is 0 Å². The molecule has 0 atom stereocenters. The highest BCUT2D eigenvalue weighted by Gasteiger charge is 2.18. The molecule has 160 valence electrons. The minimum absolute atomic E-state index is 0.0429. The summed E-state index contributed by atoms with van der Waals surface area (Å²) in [4.78, 5) is 34.6. The Balaban J connectivity index is 1.61. The van der Waals surface area contributed by atoms with Gasteiger partial charge in [-0.3, -0.25) is 9.59 Å². The second kappa shape index (κ2) is 8.91. The number of carbonyl (C=O) groups is 2. The van der Waals surface area contributed by atoms with E-state index < -0.39 is 0 Å². The Bertz CT molecular complexity index is 1150. The topological polar surface area (TPSA) is 99.3 Å². The van der Waals surface area contributed by atoms with Gasteiger partial charge in [-0.1, -0.05) is 11.6 Å². The van der Waals surface area contributed by atoms with E-state index in [-0.39, 0.29) is 11.8 Å². The molecule has 10 heteroatoms. The van der Waals surface area contributed by atoms with Crippen LogP contribution >= 0.6 is 22.9 Å². The van der Waals surface area contributed by atoms with Crippen LogP contribution < -0.4 is 20.9 Å². The number of fused-ring (bicyclic) bond motifs is 1. The van der Waals surface area contributed by atoms with Crippen molar-refractivity contribution in [3.05, 3.63) is 52.0 Å². The Morgan fingerprint density at radius 1 is 1.29 bits per heavy atom. The highest BCUT2D eigenvalue weighted by atomic mass is 35.5. The predicted molar refractivity (Wildman–Crippen MR) is 124 cm³/mol. The van der Waals surface area contributed by atoms with Crippen molar-refractivity contribution in [2.45, 2.75) is 19.3 Å². The smallest absolute Gasteiger partial charge is 0.254 e. The SMILES string of the molecule is CNC(=O)c1ccsc1Nc1nc(N(C)c2ccc3c(c2)CCCC(=O)N3)ncc1Cl.